The maximum absolute atomic E-state index is 6.63. The Bertz CT molecular complexity index is 3940. The Labute approximate surface area is 362 Å². The van der Waals surface area contributed by atoms with E-state index in [9.17, 15) is 0 Å². The van der Waals surface area contributed by atoms with Crippen LogP contribution in [0.2, 0.25) is 0 Å². The van der Waals surface area contributed by atoms with Gasteiger partial charge in [-0.15, -0.1) is 0 Å². The summed E-state index contributed by atoms with van der Waals surface area (Å²) in [5.41, 5.74) is 15.3. The van der Waals surface area contributed by atoms with Crippen molar-refractivity contribution < 1.29 is 8.83 Å². The van der Waals surface area contributed by atoms with E-state index in [4.69, 9.17) is 8.83 Å². The summed E-state index contributed by atoms with van der Waals surface area (Å²) < 4.78 is 13.2. The summed E-state index contributed by atoms with van der Waals surface area (Å²) in [7, 11) is 0. The molecule has 0 saturated carbocycles. The van der Waals surface area contributed by atoms with Gasteiger partial charge < -0.3 is 8.83 Å². The highest BCUT2D eigenvalue weighted by molar-refractivity contribution is 6.26. The minimum Gasteiger partial charge on any atom is -0.456 e. The number of rotatable bonds is 4. The third kappa shape index (κ3) is 4.83. The highest BCUT2D eigenvalue weighted by atomic mass is 16.3. The van der Waals surface area contributed by atoms with Gasteiger partial charge in [0.15, 0.2) is 0 Å². The highest BCUT2D eigenvalue weighted by Gasteiger charge is 2.46. The van der Waals surface area contributed by atoms with Crippen molar-refractivity contribution in [2.75, 3.05) is 0 Å². The van der Waals surface area contributed by atoms with Gasteiger partial charge in [0.05, 0.1) is 5.41 Å². The SMILES string of the molecule is c1ccc(C2(c3ccccc3)c3ccccc3-c3ccc(-c4ccc5oc6cc7c(cc6c5c4)oc4ccc(-c5ccc6c8ccccc8c8ccccc8c6c5)cc47)cc32)cc1. The first-order valence-corrected chi connectivity index (χ1v) is 21.7. The van der Waals surface area contributed by atoms with Crippen LogP contribution in [-0.4, -0.2) is 0 Å². The van der Waals surface area contributed by atoms with Crippen LogP contribution in [0.1, 0.15) is 22.3 Å². The van der Waals surface area contributed by atoms with Gasteiger partial charge in [0.1, 0.15) is 22.3 Å². The number of fused-ring (bicyclic) bond motifs is 15. The van der Waals surface area contributed by atoms with Crippen LogP contribution in [0, 0.1) is 0 Å². The van der Waals surface area contributed by atoms with Crippen LogP contribution in [0.3, 0.4) is 0 Å². The van der Waals surface area contributed by atoms with Crippen LogP contribution in [0.4, 0.5) is 0 Å². The fourth-order valence-corrected chi connectivity index (χ4v) is 11.1. The maximum Gasteiger partial charge on any atom is 0.136 e. The van der Waals surface area contributed by atoms with Crippen molar-refractivity contribution in [1.82, 2.24) is 0 Å². The molecular formula is C61H36O2. The lowest BCUT2D eigenvalue weighted by Gasteiger charge is -2.34. The van der Waals surface area contributed by atoms with Gasteiger partial charge in [-0.25, -0.2) is 0 Å². The Balaban J connectivity index is 0.898. The Morgan fingerprint density at radius 1 is 0.238 bits per heavy atom. The first-order valence-electron chi connectivity index (χ1n) is 21.7. The predicted molar refractivity (Wildman–Crippen MR) is 262 cm³/mol. The molecule has 0 atom stereocenters. The standard InChI is InChI=1S/C61H36O2/c1-3-13-41(14-4-1)61(42-15-5-2-6-16-42)55-22-12-11-21-48(55)49-28-24-40(34-56(49)61)39-26-30-58-52(33-39)54-36-59-53(35-60(54)63-58)51-32-38(25-29-57(51)62-59)37-23-27-47-45-19-8-7-17-43(45)44-18-9-10-20-46(44)50(47)31-37/h1-36H. The third-order valence-corrected chi connectivity index (χ3v) is 13.9. The summed E-state index contributed by atoms with van der Waals surface area (Å²) in [5.74, 6) is 0. The molecule has 0 N–H and O–H groups in total. The van der Waals surface area contributed by atoms with E-state index in [1.54, 1.807) is 0 Å². The molecule has 292 valence electrons. The van der Waals surface area contributed by atoms with E-state index in [0.717, 1.165) is 55.0 Å². The minimum absolute atomic E-state index is 0.457. The fraction of sp³-hybridized carbons (Fsp3) is 0.0164. The van der Waals surface area contributed by atoms with Crippen LogP contribution in [0.25, 0.3) is 110 Å². The number of hydrogen-bond acceptors (Lipinski definition) is 2. The monoisotopic (exact) mass is 800 g/mol. The molecular weight excluding hydrogens is 765 g/mol. The van der Waals surface area contributed by atoms with Gasteiger partial charge in [0.2, 0.25) is 0 Å². The molecule has 2 heteroatoms. The van der Waals surface area contributed by atoms with Crippen LogP contribution >= 0.6 is 0 Å². The lowest BCUT2D eigenvalue weighted by molar-refractivity contribution is 0.664. The van der Waals surface area contributed by atoms with Crippen molar-refractivity contribution in [1.29, 1.82) is 0 Å². The van der Waals surface area contributed by atoms with Gasteiger partial charge in [-0.1, -0.05) is 170 Å². The minimum atomic E-state index is -0.457. The van der Waals surface area contributed by atoms with Crippen LogP contribution < -0.4 is 0 Å². The maximum atomic E-state index is 6.63. The second-order valence-electron chi connectivity index (χ2n) is 17.1. The Morgan fingerprint density at radius 3 is 1.21 bits per heavy atom. The quantitative estimate of drug-likeness (QED) is 0.166. The van der Waals surface area contributed by atoms with Crippen molar-refractivity contribution in [3.63, 3.8) is 0 Å². The van der Waals surface area contributed by atoms with Crippen molar-refractivity contribution in [3.8, 4) is 33.4 Å². The summed E-state index contributed by atoms with van der Waals surface area (Å²) in [6.45, 7) is 0. The fourth-order valence-electron chi connectivity index (χ4n) is 11.1. The Kier molecular flexibility index (Phi) is 7.07. The zero-order chi connectivity index (χ0) is 41.2. The van der Waals surface area contributed by atoms with E-state index in [1.165, 1.54) is 76.8 Å². The molecule has 0 bridgehead atoms. The van der Waals surface area contributed by atoms with Crippen molar-refractivity contribution in [2.24, 2.45) is 0 Å². The lowest BCUT2D eigenvalue weighted by Crippen LogP contribution is -2.28. The molecule has 13 aromatic rings. The molecule has 0 unspecified atom stereocenters. The summed E-state index contributed by atoms with van der Waals surface area (Å²) in [4.78, 5) is 0. The second kappa shape index (κ2) is 12.9. The van der Waals surface area contributed by atoms with Crippen LogP contribution in [-0.2, 0) is 5.41 Å². The smallest absolute Gasteiger partial charge is 0.136 e. The first kappa shape index (κ1) is 34.5. The van der Waals surface area contributed by atoms with Gasteiger partial charge in [0.25, 0.3) is 0 Å². The second-order valence-corrected chi connectivity index (χ2v) is 17.1. The summed E-state index contributed by atoms with van der Waals surface area (Å²) >= 11 is 0. The molecule has 2 nitrogen and oxygen atoms in total. The number of furan rings is 2. The Morgan fingerprint density at radius 2 is 0.635 bits per heavy atom. The third-order valence-electron chi connectivity index (χ3n) is 13.9. The van der Waals surface area contributed by atoms with Gasteiger partial charge >= 0.3 is 0 Å². The molecule has 14 rings (SSSR count). The molecule has 0 fully saturated rings. The first-order chi connectivity index (χ1) is 31.2. The normalized spacial score (nSPS) is 13.2. The van der Waals surface area contributed by atoms with Crippen molar-refractivity contribution in [3.05, 3.63) is 241 Å². The van der Waals surface area contributed by atoms with E-state index in [2.05, 4.69) is 218 Å². The Hall–Kier alpha value is -8.20. The van der Waals surface area contributed by atoms with Crippen LogP contribution in [0.15, 0.2) is 227 Å². The van der Waals surface area contributed by atoms with Crippen molar-refractivity contribution >= 4 is 76.2 Å². The molecule has 1 aliphatic rings. The zero-order valence-corrected chi connectivity index (χ0v) is 34.1. The molecule has 2 aromatic heterocycles. The van der Waals surface area contributed by atoms with E-state index < -0.39 is 5.41 Å². The van der Waals surface area contributed by atoms with Gasteiger partial charge in [0, 0.05) is 21.5 Å². The molecule has 63 heavy (non-hydrogen) atoms. The van der Waals surface area contributed by atoms with E-state index in [0.29, 0.717) is 0 Å². The van der Waals surface area contributed by atoms with Gasteiger partial charge in [-0.05, 0) is 136 Å². The topological polar surface area (TPSA) is 26.3 Å². The van der Waals surface area contributed by atoms with Crippen molar-refractivity contribution in [2.45, 2.75) is 5.41 Å². The summed E-state index contributed by atoms with van der Waals surface area (Å²) in [5, 5.41) is 11.9. The van der Waals surface area contributed by atoms with E-state index in [1.807, 2.05) is 0 Å². The molecule has 0 spiro atoms. The largest absolute Gasteiger partial charge is 0.456 e. The molecule has 0 saturated heterocycles. The molecule has 0 aliphatic heterocycles. The van der Waals surface area contributed by atoms with E-state index >= 15 is 0 Å². The average Bonchev–Trinajstić information content (AvgIpc) is 4.00. The number of benzene rings is 11. The molecule has 1 aliphatic carbocycles. The van der Waals surface area contributed by atoms with Gasteiger partial charge in [-0.2, -0.15) is 0 Å². The molecule has 0 radical (unpaired) electrons. The number of hydrogen-bond donors (Lipinski definition) is 0. The summed E-state index contributed by atoms with van der Waals surface area (Å²) in [6.07, 6.45) is 0. The highest BCUT2D eigenvalue weighted by Crippen LogP contribution is 2.57. The van der Waals surface area contributed by atoms with Gasteiger partial charge in [-0.3, -0.25) is 0 Å². The predicted octanol–water partition coefficient (Wildman–Crippen LogP) is 16.6. The average molecular weight is 801 g/mol. The zero-order valence-electron chi connectivity index (χ0n) is 34.1. The summed E-state index contributed by atoms with van der Waals surface area (Å²) in [6, 6.07) is 79.8. The molecule has 0 amide bonds. The van der Waals surface area contributed by atoms with Crippen LogP contribution in [0.5, 0.6) is 0 Å². The molecule has 11 aromatic carbocycles. The van der Waals surface area contributed by atoms with E-state index in [-0.39, 0.29) is 0 Å². The molecule has 2 heterocycles. The lowest BCUT2D eigenvalue weighted by atomic mass is 9.67.